The number of rotatable bonds is 4. The largest absolute Gasteiger partial charge is 0.398 e. The van der Waals surface area contributed by atoms with Gasteiger partial charge in [0.1, 0.15) is 0 Å². The lowest BCUT2D eigenvalue weighted by molar-refractivity contribution is -0.122. The Morgan fingerprint density at radius 2 is 2.00 bits per heavy atom. The topological polar surface area (TPSA) is 78.7 Å². The third-order valence-electron chi connectivity index (χ3n) is 3.57. The predicted octanol–water partition coefficient (Wildman–Crippen LogP) is 0.533. The van der Waals surface area contributed by atoms with Crippen LogP contribution < -0.4 is 11.1 Å². The number of amides is 2. The summed E-state index contributed by atoms with van der Waals surface area (Å²) in [6.07, 6.45) is 0. The van der Waals surface area contributed by atoms with Gasteiger partial charge < -0.3 is 16.0 Å². The number of piperazine rings is 1. The number of anilines is 1. The molecule has 0 saturated carbocycles. The van der Waals surface area contributed by atoms with E-state index in [2.05, 4.69) is 10.2 Å². The minimum atomic E-state index is 0.0393. The second-order valence-corrected chi connectivity index (χ2v) is 6.40. The Labute approximate surface area is 128 Å². The molecule has 1 aromatic heterocycles. The molecule has 0 atom stereocenters. The summed E-state index contributed by atoms with van der Waals surface area (Å²) in [6, 6.07) is 1.75. The molecule has 1 saturated heterocycles. The van der Waals surface area contributed by atoms with E-state index in [-0.39, 0.29) is 11.8 Å². The van der Waals surface area contributed by atoms with E-state index in [1.165, 1.54) is 11.3 Å². The van der Waals surface area contributed by atoms with Crippen molar-refractivity contribution < 1.29 is 9.59 Å². The second-order valence-electron chi connectivity index (χ2n) is 5.14. The molecule has 21 heavy (non-hydrogen) atoms. The highest BCUT2D eigenvalue weighted by atomic mass is 32.1. The van der Waals surface area contributed by atoms with Crippen LogP contribution in [0.4, 0.5) is 5.69 Å². The maximum Gasteiger partial charge on any atom is 0.264 e. The number of carbonyl (C=O) groups excluding carboxylic acids is 2. The smallest absolute Gasteiger partial charge is 0.264 e. The first-order valence-electron chi connectivity index (χ1n) is 7.15. The van der Waals surface area contributed by atoms with Gasteiger partial charge in [-0.1, -0.05) is 0 Å². The molecule has 116 valence electrons. The zero-order valence-electron chi connectivity index (χ0n) is 12.5. The fourth-order valence-electron chi connectivity index (χ4n) is 2.32. The third-order valence-corrected chi connectivity index (χ3v) is 4.62. The van der Waals surface area contributed by atoms with Crippen LogP contribution in [0.5, 0.6) is 0 Å². The summed E-state index contributed by atoms with van der Waals surface area (Å²) in [5, 5.41) is 2.79. The zero-order chi connectivity index (χ0) is 15.4. The van der Waals surface area contributed by atoms with E-state index in [0.29, 0.717) is 36.7 Å². The molecule has 0 radical (unpaired) electrons. The van der Waals surface area contributed by atoms with Gasteiger partial charge in [-0.15, -0.1) is 11.3 Å². The normalized spacial score (nSPS) is 16.0. The van der Waals surface area contributed by atoms with Crippen molar-refractivity contribution in [2.75, 3.05) is 45.0 Å². The van der Waals surface area contributed by atoms with Gasteiger partial charge >= 0.3 is 0 Å². The number of nitrogen functional groups attached to an aromatic ring is 1. The summed E-state index contributed by atoms with van der Waals surface area (Å²) in [5.74, 6) is 0.0800. The molecule has 3 N–H and O–H groups in total. The van der Waals surface area contributed by atoms with E-state index in [1.54, 1.807) is 6.07 Å². The van der Waals surface area contributed by atoms with Crippen molar-refractivity contribution in [3.8, 4) is 0 Å². The van der Waals surface area contributed by atoms with Gasteiger partial charge in [0.25, 0.3) is 5.91 Å². The minimum absolute atomic E-state index is 0.0393. The summed E-state index contributed by atoms with van der Waals surface area (Å²) >= 11 is 1.44. The number of hydrogen-bond acceptors (Lipinski definition) is 5. The highest BCUT2D eigenvalue weighted by Gasteiger charge is 2.24. The van der Waals surface area contributed by atoms with Crippen LogP contribution >= 0.6 is 11.3 Å². The number of nitrogens with one attached hydrogen (secondary N) is 1. The van der Waals surface area contributed by atoms with E-state index in [1.807, 2.05) is 18.7 Å². The van der Waals surface area contributed by atoms with Crippen molar-refractivity contribution in [2.24, 2.45) is 0 Å². The monoisotopic (exact) mass is 310 g/mol. The minimum Gasteiger partial charge on any atom is -0.398 e. The van der Waals surface area contributed by atoms with Crippen molar-refractivity contribution in [2.45, 2.75) is 13.8 Å². The van der Waals surface area contributed by atoms with E-state index < -0.39 is 0 Å². The molecule has 6 nitrogen and oxygen atoms in total. The van der Waals surface area contributed by atoms with Gasteiger partial charge in [0.05, 0.1) is 11.4 Å². The standard InChI is InChI=1S/C14H22N4O2S/c1-3-16-13(19)9-17-4-6-18(7-5-17)14(20)12-8-11(15)10(2)21-12/h8H,3-7,9,15H2,1-2H3,(H,16,19). The van der Waals surface area contributed by atoms with Crippen LogP contribution in [0.1, 0.15) is 21.5 Å². The lowest BCUT2D eigenvalue weighted by Crippen LogP contribution is -2.51. The number of thiophene rings is 1. The first-order valence-corrected chi connectivity index (χ1v) is 7.97. The highest BCUT2D eigenvalue weighted by molar-refractivity contribution is 7.14. The van der Waals surface area contributed by atoms with Gasteiger partial charge in [0, 0.05) is 43.3 Å². The maximum atomic E-state index is 12.4. The number of carbonyl (C=O) groups is 2. The first-order chi connectivity index (χ1) is 10.0. The number of nitrogens with zero attached hydrogens (tertiary/aromatic N) is 2. The van der Waals surface area contributed by atoms with Gasteiger partial charge in [-0.3, -0.25) is 14.5 Å². The predicted molar refractivity (Wildman–Crippen MR) is 84.5 cm³/mol. The Hall–Kier alpha value is -1.60. The Bertz CT molecular complexity index is 502. The van der Waals surface area contributed by atoms with Crippen LogP contribution in [0, 0.1) is 6.92 Å². The molecule has 0 bridgehead atoms. The first kappa shape index (κ1) is 15.8. The van der Waals surface area contributed by atoms with Crippen LogP contribution in [0.15, 0.2) is 6.07 Å². The molecule has 1 aliphatic rings. The molecule has 0 unspecified atom stereocenters. The van der Waals surface area contributed by atoms with E-state index in [0.717, 1.165) is 18.0 Å². The Morgan fingerprint density at radius 1 is 1.33 bits per heavy atom. The van der Waals surface area contributed by atoms with E-state index in [9.17, 15) is 9.59 Å². The number of likely N-dealkylation sites (N-methyl/N-ethyl adjacent to an activating group) is 1. The van der Waals surface area contributed by atoms with Gasteiger partial charge in [0.15, 0.2) is 0 Å². The summed E-state index contributed by atoms with van der Waals surface area (Å²) in [4.78, 5) is 29.5. The second kappa shape index (κ2) is 6.91. The summed E-state index contributed by atoms with van der Waals surface area (Å²) in [5.41, 5.74) is 6.48. The van der Waals surface area contributed by atoms with Gasteiger partial charge in [-0.2, -0.15) is 0 Å². The fourth-order valence-corrected chi connectivity index (χ4v) is 3.23. The molecule has 1 fully saturated rings. The van der Waals surface area contributed by atoms with Crippen LogP contribution in [0.2, 0.25) is 0 Å². The SMILES string of the molecule is CCNC(=O)CN1CCN(C(=O)c2cc(N)c(C)s2)CC1. The summed E-state index contributed by atoms with van der Waals surface area (Å²) < 4.78 is 0. The number of hydrogen-bond donors (Lipinski definition) is 2. The Kier molecular flexibility index (Phi) is 5.19. The molecule has 2 amide bonds. The molecular weight excluding hydrogens is 288 g/mol. The fraction of sp³-hybridized carbons (Fsp3) is 0.571. The van der Waals surface area contributed by atoms with Gasteiger partial charge in [-0.25, -0.2) is 0 Å². The number of aryl methyl sites for hydroxylation is 1. The zero-order valence-corrected chi connectivity index (χ0v) is 13.3. The molecule has 0 spiro atoms. The molecular formula is C14H22N4O2S. The summed E-state index contributed by atoms with van der Waals surface area (Å²) in [7, 11) is 0. The lowest BCUT2D eigenvalue weighted by atomic mass is 10.2. The third kappa shape index (κ3) is 3.95. The van der Waals surface area contributed by atoms with Gasteiger partial charge in [-0.05, 0) is 19.9 Å². The van der Waals surface area contributed by atoms with E-state index in [4.69, 9.17) is 5.73 Å². The molecule has 1 aromatic rings. The van der Waals surface area contributed by atoms with Crippen molar-refractivity contribution in [3.63, 3.8) is 0 Å². The lowest BCUT2D eigenvalue weighted by Gasteiger charge is -2.34. The van der Waals surface area contributed by atoms with Gasteiger partial charge in [0.2, 0.25) is 5.91 Å². The van der Waals surface area contributed by atoms with Crippen molar-refractivity contribution in [1.82, 2.24) is 15.1 Å². The highest BCUT2D eigenvalue weighted by Crippen LogP contribution is 2.24. The Balaban J connectivity index is 1.86. The molecule has 0 aromatic carbocycles. The van der Waals surface area contributed by atoms with Crippen LogP contribution in [-0.4, -0.2) is 60.9 Å². The molecule has 7 heteroatoms. The van der Waals surface area contributed by atoms with E-state index >= 15 is 0 Å². The van der Waals surface area contributed by atoms with Crippen LogP contribution in [-0.2, 0) is 4.79 Å². The van der Waals surface area contributed by atoms with Crippen molar-refractivity contribution in [3.05, 3.63) is 15.8 Å². The van der Waals surface area contributed by atoms with Crippen LogP contribution in [0.25, 0.3) is 0 Å². The molecule has 2 rings (SSSR count). The summed E-state index contributed by atoms with van der Waals surface area (Å²) in [6.45, 7) is 7.62. The average molecular weight is 310 g/mol. The maximum absolute atomic E-state index is 12.4. The average Bonchev–Trinajstić information content (AvgIpc) is 2.79. The quantitative estimate of drug-likeness (QED) is 0.850. The van der Waals surface area contributed by atoms with Crippen molar-refractivity contribution >= 4 is 28.8 Å². The molecule has 2 heterocycles. The van der Waals surface area contributed by atoms with Crippen molar-refractivity contribution in [1.29, 1.82) is 0 Å². The molecule has 1 aliphatic heterocycles. The number of nitrogens with two attached hydrogens (primary N) is 1. The Morgan fingerprint density at radius 3 is 2.52 bits per heavy atom. The van der Waals surface area contributed by atoms with Crippen LogP contribution in [0.3, 0.4) is 0 Å². The molecule has 0 aliphatic carbocycles.